The van der Waals surface area contributed by atoms with Gasteiger partial charge in [-0.25, -0.2) is 0 Å². The van der Waals surface area contributed by atoms with Crippen LogP contribution in [0.2, 0.25) is 10.0 Å². The van der Waals surface area contributed by atoms with Gasteiger partial charge < -0.3 is 19.8 Å². The Bertz CT molecular complexity index is 855. The monoisotopic (exact) mass is 466 g/mol. The molecular formula is C22H29BCl2N2O4. The largest absolute Gasteiger partial charge is 0.489 e. The van der Waals surface area contributed by atoms with Gasteiger partial charge in [0.05, 0.1) is 0 Å². The van der Waals surface area contributed by atoms with Crippen molar-refractivity contribution in [3.8, 4) is 0 Å². The molecule has 0 aliphatic heterocycles. The predicted octanol–water partition coefficient (Wildman–Crippen LogP) is 3.32. The second-order valence-corrected chi connectivity index (χ2v) is 7.44. The highest BCUT2D eigenvalue weighted by atomic mass is 35.5. The molecule has 0 saturated heterocycles. The average Bonchev–Trinajstić information content (AvgIpc) is 2.76. The molecule has 2 amide bonds. The first-order valence-corrected chi connectivity index (χ1v) is 10.9. The van der Waals surface area contributed by atoms with Crippen molar-refractivity contribution >= 4 is 47.6 Å². The highest BCUT2D eigenvalue weighted by Gasteiger charge is 2.23. The van der Waals surface area contributed by atoms with Crippen molar-refractivity contribution in [3.63, 3.8) is 0 Å². The van der Waals surface area contributed by atoms with Crippen LogP contribution in [0.1, 0.15) is 48.4 Å². The van der Waals surface area contributed by atoms with Crippen LogP contribution in [-0.4, -0.2) is 65.0 Å². The summed E-state index contributed by atoms with van der Waals surface area (Å²) in [7, 11) is -1.71. The zero-order valence-corrected chi connectivity index (χ0v) is 19.8. The Morgan fingerprint density at radius 2 is 1.23 bits per heavy atom. The number of halogens is 2. The molecule has 0 saturated carbocycles. The summed E-state index contributed by atoms with van der Waals surface area (Å²) in [4.78, 5) is 27.3. The van der Waals surface area contributed by atoms with Crippen LogP contribution in [0, 0.1) is 0 Å². The van der Waals surface area contributed by atoms with Gasteiger partial charge in [0.1, 0.15) is 0 Å². The fraction of sp³-hybridized carbons (Fsp3) is 0.364. The van der Waals surface area contributed by atoms with E-state index in [0.717, 1.165) is 13.1 Å². The highest BCUT2D eigenvalue weighted by Crippen LogP contribution is 2.12. The molecule has 2 aromatic carbocycles. The van der Waals surface area contributed by atoms with Crippen molar-refractivity contribution in [2.45, 2.75) is 27.7 Å². The maximum Gasteiger partial charge on any atom is 0.489 e. The maximum atomic E-state index is 12.1. The van der Waals surface area contributed by atoms with Crippen LogP contribution in [0.5, 0.6) is 0 Å². The molecule has 168 valence electrons. The molecule has 0 spiro atoms. The fourth-order valence-corrected chi connectivity index (χ4v) is 3.22. The number of carbonyl (C=O) groups excluding carboxylic acids is 2. The molecule has 2 N–H and O–H groups in total. The van der Waals surface area contributed by atoms with Gasteiger partial charge in [-0.15, -0.1) is 0 Å². The van der Waals surface area contributed by atoms with E-state index in [9.17, 15) is 19.6 Å². The van der Waals surface area contributed by atoms with E-state index in [0.29, 0.717) is 28.7 Å². The van der Waals surface area contributed by atoms with Gasteiger partial charge in [0.15, 0.2) is 0 Å². The molecule has 0 unspecified atom stereocenters. The van der Waals surface area contributed by atoms with E-state index >= 15 is 0 Å². The molecule has 0 aliphatic carbocycles. The van der Waals surface area contributed by atoms with E-state index in [-0.39, 0.29) is 22.8 Å². The number of hydrogen-bond acceptors (Lipinski definition) is 4. The van der Waals surface area contributed by atoms with Crippen LogP contribution in [0.15, 0.2) is 42.5 Å². The number of carbonyl (C=O) groups is 2. The van der Waals surface area contributed by atoms with Crippen molar-refractivity contribution in [2.75, 3.05) is 26.2 Å². The second kappa shape index (κ2) is 13.4. The maximum absolute atomic E-state index is 12.1. The standard InChI is InChI=1S/C11H15BClNO3.C11H14ClNO/c1-3-14(4-2)11(15)9-6-5-8(13)7-10(9)12(16)17;1-3-13(4-2)11(14)9-5-7-10(12)8-6-9/h5-7,16-17H,3-4H2,1-2H3;5-8H,3-4H2,1-2H3. The topological polar surface area (TPSA) is 81.1 Å². The van der Waals surface area contributed by atoms with Gasteiger partial charge in [-0.05, 0) is 75.6 Å². The quantitative estimate of drug-likeness (QED) is 0.613. The van der Waals surface area contributed by atoms with Gasteiger partial charge in [0.2, 0.25) is 0 Å². The summed E-state index contributed by atoms with van der Waals surface area (Å²) in [6, 6.07) is 11.4. The number of hydrogen-bond donors (Lipinski definition) is 2. The lowest BCUT2D eigenvalue weighted by Gasteiger charge is -2.20. The summed E-state index contributed by atoms with van der Waals surface area (Å²) >= 11 is 11.5. The summed E-state index contributed by atoms with van der Waals surface area (Å²) in [5.74, 6) is -0.165. The molecule has 2 rings (SSSR count). The third-order valence-corrected chi connectivity index (χ3v) is 5.20. The third kappa shape index (κ3) is 7.85. The van der Waals surface area contributed by atoms with Crippen LogP contribution in [0.25, 0.3) is 0 Å². The first kappa shape index (κ1) is 27.0. The Hall–Kier alpha value is -2.06. The van der Waals surface area contributed by atoms with Gasteiger partial charge in [-0.1, -0.05) is 23.2 Å². The van der Waals surface area contributed by atoms with Crippen LogP contribution >= 0.6 is 23.2 Å². The minimum atomic E-state index is -1.71. The molecule has 0 bridgehead atoms. The lowest BCUT2D eigenvalue weighted by molar-refractivity contribution is 0.0765. The predicted molar refractivity (Wildman–Crippen MR) is 127 cm³/mol. The molecule has 0 aliphatic rings. The summed E-state index contributed by atoms with van der Waals surface area (Å²) in [5.41, 5.74) is 1.10. The Kier molecular flexibility index (Phi) is 11.6. The van der Waals surface area contributed by atoms with E-state index in [1.54, 1.807) is 40.1 Å². The van der Waals surface area contributed by atoms with Gasteiger partial charge in [0.25, 0.3) is 11.8 Å². The summed E-state index contributed by atoms with van der Waals surface area (Å²) in [5, 5.41) is 19.5. The molecule has 0 radical (unpaired) electrons. The van der Waals surface area contributed by atoms with Crippen molar-refractivity contribution in [1.29, 1.82) is 0 Å². The summed E-state index contributed by atoms with van der Waals surface area (Å²) in [6.45, 7) is 10.3. The van der Waals surface area contributed by atoms with Gasteiger partial charge >= 0.3 is 7.12 Å². The fourth-order valence-electron chi connectivity index (χ4n) is 2.91. The number of rotatable bonds is 7. The molecule has 0 aromatic heterocycles. The van der Waals surface area contributed by atoms with Crippen molar-refractivity contribution in [2.24, 2.45) is 0 Å². The molecule has 31 heavy (non-hydrogen) atoms. The first-order valence-electron chi connectivity index (χ1n) is 10.2. The normalized spacial score (nSPS) is 10.1. The molecule has 0 fully saturated rings. The molecule has 0 heterocycles. The lowest BCUT2D eigenvalue weighted by Crippen LogP contribution is -2.40. The Labute approximate surface area is 194 Å². The second-order valence-electron chi connectivity index (χ2n) is 6.57. The van der Waals surface area contributed by atoms with E-state index in [1.165, 1.54) is 12.1 Å². The van der Waals surface area contributed by atoms with Crippen LogP contribution < -0.4 is 5.46 Å². The van der Waals surface area contributed by atoms with Gasteiger partial charge in [-0.3, -0.25) is 9.59 Å². The van der Waals surface area contributed by atoms with E-state index < -0.39 is 7.12 Å². The molecular weight excluding hydrogens is 438 g/mol. The Balaban J connectivity index is 0.000000316. The minimum absolute atomic E-state index is 0.0617. The summed E-state index contributed by atoms with van der Waals surface area (Å²) in [6.07, 6.45) is 0. The summed E-state index contributed by atoms with van der Waals surface area (Å²) < 4.78 is 0. The lowest BCUT2D eigenvalue weighted by atomic mass is 9.76. The third-order valence-electron chi connectivity index (χ3n) is 4.71. The molecule has 9 heteroatoms. The zero-order valence-electron chi connectivity index (χ0n) is 18.3. The zero-order chi connectivity index (χ0) is 23.6. The van der Waals surface area contributed by atoms with Gasteiger partial charge in [-0.2, -0.15) is 0 Å². The number of benzene rings is 2. The first-order chi connectivity index (χ1) is 14.7. The minimum Gasteiger partial charge on any atom is -0.423 e. The molecule has 2 aromatic rings. The smallest absolute Gasteiger partial charge is 0.423 e. The number of nitrogens with zero attached hydrogens (tertiary/aromatic N) is 2. The Morgan fingerprint density at radius 3 is 1.68 bits per heavy atom. The van der Waals surface area contributed by atoms with Gasteiger partial charge in [0, 0.05) is 47.4 Å². The van der Waals surface area contributed by atoms with Crippen molar-refractivity contribution in [1.82, 2.24) is 9.80 Å². The highest BCUT2D eigenvalue weighted by molar-refractivity contribution is 6.60. The van der Waals surface area contributed by atoms with Crippen molar-refractivity contribution < 1.29 is 19.6 Å². The number of amides is 2. The van der Waals surface area contributed by atoms with E-state index in [2.05, 4.69) is 0 Å². The van der Waals surface area contributed by atoms with E-state index in [4.69, 9.17) is 23.2 Å². The SMILES string of the molecule is CCN(CC)C(=O)c1ccc(Cl)cc1.CCN(CC)C(=O)c1ccc(Cl)cc1B(O)O. The van der Waals surface area contributed by atoms with Crippen LogP contribution in [-0.2, 0) is 0 Å². The molecule has 6 nitrogen and oxygen atoms in total. The molecule has 0 atom stereocenters. The van der Waals surface area contributed by atoms with Crippen LogP contribution in [0.4, 0.5) is 0 Å². The Morgan fingerprint density at radius 1 is 0.774 bits per heavy atom. The van der Waals surface area contributed by atoms with E-state index in [1.807, 2.05) is 27.7 Å². The van der Waals surface area contributed by atoms with Crippen molar-refractivity contribution in [3.05, 3.63) is 63.6 Å². The van der Waals surface area contributed by atoms with Crippen LogP contribution in [0.3, 0.4) is 0 Å². The average molecular weight is 467 g/mol.